The summed E-state index contributed by atoms with van der Waals surface area (Å²) in [6.07, 6.45) is 0.662. The Balaban J connectivity index is 1.86. The molecule has 1 N–H and O–H groups in total. The maximum Gasteiger partial charge on any atom is 0.237 e. The first-order valence-corrected chi connectivity index (χ1v) is 8.91. The summed E-state index contributed by atoms with van der Waals surface area (Å²) >= 11 is 0. The van der Waals surface area contributed by atoms with Gasteiger partial charge in [0.2, 0.25) is 11.8 Å². The minimum atomic E-state index is -1.44. The van der Waals surface area contributed by atoms with Crippen molar-refractivity contribution in [2.45, 2.75) is 26.0 Å². The number of rotatable bonds is 7. The molecule has 0 aliphatic carbocycles. The molecule has 0 radical (unpaired) electrons. The van der Waals surface area contributed by atoms with Crippen LogP contribution >= 0.6 is 0 Å². The molecule has 0 spiro atoms. The van der Waals surface area contributed by atoms with Gasteiger partial charge >= 0.3 is 0 Å². The highest BCUT2D eigenvalue weighted by Gasteiger charge is 2.14. The van der Waals surface area contributed by atoms with Crippen molar-refractivity contribution < 1.29 is 13.5 Å². The average molecular weight is 346 g/mol. The molecule has 24 heavy (non-hydrogen) atoms. The molecule has 8 heteroatoms. The number of nitrogens with zero attached hydrogens (tertiary/aromatic N) is 3. The monoisotopic (exact) mass is 346 g/mol. The Morgan fingerprint density at radius 2 is 2.25 bits per heavy atom. The molecular weight excluding hydrogens is 328 g/mol. The molecule has 0 saturated heterocycles. The van der Waals surface area contributed by atoms with E-state index in [1.165, 1.54) is 0 Å². The van der Waals surface area contributed by atoms with E-state index in [0.29, 0.717) is 35.3 Å². The number of nitrogens with one attached hydrogen (secondary N) is 1. The molecule has 0 bridgehead atoms. The van der Waals surface area contributed by atoms with Gasteiger partial charge in [-0.3, -0.25) is 9.00 Å². The molecule has 0 aliphatic heterocycles. The van der Waals surface area contributed by atoms with Crippen LogP contribution in [0.15, 0.2) is 28.8 Å². The molecular formula is C16H18N4O3S. The van der Waals surface area contributed by atoms with E-state index in [-0.39, 0.29) is 11.5 Å². The topological polar surface area (TPSA) is 109 Å². The zero-order valence-electron chi connectivity index (χ0n) is 13.5. The third-order valence-corrected chi connectivity index (χ3v) is 4.11. The summed E-state index contributed by atoms with van der Waals surface area (Å²) in [6.45, 7) is 4.07. The van der Waals surface area contributed by atoms with E-state index in [2.05, 4.69) is 15.5 Å². The predicted molar refractivity (Wildman–Crippen MR) is 89.3 cm³/mol. The maximum atomic E-state index is 12.0. The van der Waals surface area contributed by atoms with Crippen molar-refractivity contribution in [2.24, 2.45) is 5.92 Å². The Morgan fingerprint density at radius 1 is 1.46 bits per heavy atom. The minimum absolute atomic E-state index is 0.0627. The molecule has 2 rings (SSSR count). The predicted octanol–water partition coefficient (Wildman–Crippen LogP) is 2.03. The van der Waals surface area contributed by atoms with Gasteiger partial charge in [-0.15, -0.1) is 0 Å². The van der Waals surface area contributed by atoms with Crippen LogP contribution in [0.3, 0.4) is 0 Å². The van der Waals surface area contributed by atoms with Crippen LogP contribution in [0.1, 0.15) is 31.1 Å². The quantitative estimate of drug-likeness (QED) is 0.821. The summed E-state index contributed by atoms with van der Waals surface area (Å²) in [5, 5.41) is 15.2. The van der Waals surface area contributed by atoms with Crippen molar-refractivity contribution in [3.63, 3.8) is 0 Å². The number of benzene rings is 1. The normalized spacial score (nSPS) is 11.9. The Hall–Kier alpha value is -2.53. The number of carbonyl (C=O) groups excluding carboxylic acids is 1. The van der Waals surface area contributed by atoms with Crippen molar-refractivity contribution in [2.75, 3.05) is 11.1 Å². The van der Waals surface area contributed by atoms with Crippen LogP contribution in [0.2, 0.25) is 0 Å². The van der Waals surface area contributed by atoms with Gasteiger partial charge in [-0.25, -0.2) is 0 Å². The molecule has 0 fully saturated rings. The van der Waals surface area contributed by atoms with Crippen LogP contribution in [-0.4, -0.2) is 26.0 Å². The van der Waals surface area contributed by atoms with Gasteiger partial charge in [0.15, 0.2) is 5.82 Å². The van der Waals surface area contributed by atoms with Crippen molar-refractivity contribution in [3.05, 3.63) is 41.5 Å². The van der Waals surface area contributed by atoms with Gasteiger partial charge in [0, 0.05) is 22.9 Å². The second-order valence-electron chi connectivity index (χ2n) is 5.67. The molecule has 7 nitrogen and oxygen atoms in total. The Bertz CT molecular complexity index is 780. The van der Waals surface area contributed by atoms with E-state index in [1.54, 1.807) is 24.3 Å². The lowest BCUT2D eigenvalue weighted by atomic mass is 10.1. The summed E-state index contributed by atoms with van der Waals surface area (Å²) in [5.41, 5.74) is 0.938. The van der Waals surface area contributed by atoms with Crippen LogP contribution in [0.4, 0.5) is 5.69 Å². The number of anilines is 1. The first-order valence-electron chi connectivity index (χ1n) is 7.42. The van der Waals surface area contributed by atoms with Gasteiger partial charge in [-0.1, -0.05) is 25.1 Å². The van der Waals surface area contributed by atoms with Gasteiger partial charge in [-0.05, 0) is 24.1 Å². The van der Waals surface area contributed by atoms with Crippen molar-refractivity contribution in [3.8, 4) is 6.07 Å². The lowest BCUT2D eigenvalue weighted by Gasteiger charge is -2.04. The number of amides is 1. The third kappa shape index (κ3) is 5.59. The smallest absolute Gasteiger partial charge is 0.237 e. The standard InChI is InChI=1S/C16H18N4O3S/c1-11(2)6-16-19-14(20-23-16)9-24(22)10-15(21)18-13-5-3-4-12(7-13)8-17/h3-5,7,11H,6,9-10H2,1-2H3,(H,18,21)/t24-/m0/s1. The van der Waals surface area contributed by atoms with E-state index in [4.69, 9.17) is 9.78 Å². The summed E-state index contributed by atoms with van der Waals surface area (Å²) in [5.74, 6) is 0.726. The first kappa shape index (κ1) is 17.8. The van der Waals surface area contributed by atoms with Crippen molar-refractivity contribution in [1.82, 2.24) is 10.1 Å². The van der Waals surface area contributed by atoms with E-state index in [1.807, 2.05) is 19.9 Å². The number of nitriles is 1. The van der Waals surface area contributed by atoms with Crippen LogP contribution < -0.4 is 5.32 Å². The molecule has 1 atom stereocenters. The summed E-state index contributed by atoms with van der Waals surface area (Å²) in [6, 6.07) is 8.52. The number of aromatic nitrogens is 2. The van der Waals surface area contributed by atoms with E-state index in [9.17, 15) is 9.00 Å². The Labute approximate surface area is 142 Å². The summed E-state index contributed by atoms with van der Waals surface area (Å²) in [7, 11) is -1.44. The second kappa shape index (κ2) is 8.36. The van der Waals surface area contributed by atoms with Crippen molar-refractivity contribution in [1.29, 1.82) is 5.26 Å². The largest absolute Gasteiger partial charge is 0.339 e. The minimum Gasteiger partial charge on any atom is -0.339 e. The summed E-state index contributed by atoms with van der Waals surface area (Å²) < 4.78 is 17.1. The summed E-state index contributed by atoms with van der Waals surface area (Å²) in [4.78, 5) is 16.1. The van der Waals surface area contributed by atoms with Gasteiger partial charge in [0.25, 0.3) is 0 Å². The SMILES string of the molecule is CC(C)Cc1nc(C[S@](=O)CC(=O)Nc2cccc(C#N)c2)no1. The lowest BCUT2D eigenvalue weighted by molar-refractivity contribution is -0.113. The Kier molecular flexibility index (Phi) is 6.21. The fraction of sp³-hybridized carbons (Fsp3) is 0.375. The lowest BCUT2D eigenvalue weighted by Crippen LogP contribution is -2.20. The average Bonchev–Trinajstić information content (AvgIpc) is 2.93. The van der Waals surface area contributed by atoms with Crippen LogP contribution in [0, 0.1) is 17.2 Å². The van der Waals surface area contributed by atoms with Crippen LogP contribution in [0.5, 0.6) is 0 Å². The van der Waals surface area contributed by atoms with Gasteiger partial charge < -0.3 is 9.84 Å². The van der Waals surface area contributed by atoms with E-state index < -0.39 is 16.7 Å². The number of hydrogen-bond donors (Lipinski definition) is 1. The van der Waals surface area contributed by atoms with Gasteiger partial charge in [0.05, 0.1) is 17.4 Å². The first-order chi connectivity index (χ1) is 11.5. The van der Waals surface area contributed by atoms with Gasteiger partial charge in [0.1, 0.15) is 5.75 Å². The molecule has 0 unspecified atom stereocenters. The molecule has 0 aliphatic rings. The zero-order valence-corrected chi connectivity index (χ0v) is 14.3. The zero-order chi connectivity index (χ0) is 17.5. The number of hydrogen-bond acceptors (Lipinski definition) is 6. The highest BCUT2D eigenvalue weighted by atomic mass is 32.2. The maximum absolute atomic E-state index is 12.0. The van der Waals surface area contributed by atoms with Crippen LogP contribution in [0.25, 0.3) is 0 Å². The van der Waals surface area contributed by atoms with Crippen molar-refractivity contribution >= 4 is 22.4 Å². The third-order valence-electron chi connectivity index (χ3n) is 2.95. The number of carbonyl (C=O) groups is 1. The highest BCUT2D eigenvalue weighted by molar-refractivity contribution is 7.84. The molecule has 126 valence electrons. The van der Waals surface area contributed by atoms with Crippen LogP contribution in [-0.2, 0) is 27.8 Å². The highest BCUT2D eigenvalue weighted by Crippen LogP contribution is 2.10. The van der Waals surface area contributed by atoms with Gasteiger partial charge in [-0.2, -0.15) is 10.2 Å². The fourth-order valence-electron chi connectivity index (χ4n) is 1.99. The molecule has 0 saturated carbocycles. The molecule has 2 aromatic rings. The second-order valence-corrected chi connectivity index (χ2v) is 7.13. The van der Waals surface area contributed by atoms with E-state index in [0.717, 1.165) is 0 Å². The fourth-order valence-corrected chi connectivity index (χ4v) is 2.86. The molecule has 1 amide bonds. The molecule has 1 aromatic carbocycles. The Morgan fingerprint density at radius 3 is 2.96 bits per heavy atom. The molecule has 1 heterocycles. The van der Waals surface area contributed by atoms with E-state index >= 15 is 0 Å². The molecule has 1 aromatic heterocycles.